The first-order chi connectivity index (χ1) is 17.4. The maximum Gasteiger partial charge on any atom is 0.254 e. The minimum atomic E-state index is -3.94. The number of nitrogens with one attached hydrogen (secondary N) is 1. The molecule has 0 radical (unpaired) electrons. The lowest BCUT2D eigenvalue weighted by Crippen LogP contribution is -2.53. The molecule has 1 heterocycles. The molecule has 0 unspecified atom stereocenters. The highest BCUT2D eigenvalue weighted by atomic mass is 32.2. The molecule has 2 N–H and O–H groups in total. The maximum atomic E-state index is 13.5. The van der Waals surface area contributed by atoms with Crippen LogP contribution in [0.25, 0.3) is 11.1 Å². The molecule has 0 aromatic heterocycles. The van der Waals surface area contributed by atoms with E-state index >= 15 is 0 Å². The molecule has 2 fully saturated rings. The number of nitrogens with zero attached hydrogens (tertiary/aromatic N) is 2. The number of piperazine rings is 1. The van der Waals surface area contributed by atoms with E-state index in [9.17, 15) is 31.9 Å². The molecule has 4 rings (SSSR count). The summed E-state index contributed by atoms with van der Waals surface area (Å²) in [7, 11) is -3.94. The molecule has 1 aliphatic carbocycles. The van der Waals surface area contributed by atoms with Crippen LogP contribution >= 0.6 is 0 Å². The number of halogens is 2. The lowest BCUT2D eigenvalue weighted by Gasteiger charge is -2.35. The SMILES string of the molecule is CCC(F)(F)CCS(=O)(=O)Nc1cccc(-c2ccc(C(=O)N3CCN(C(=O)C4(O)CC4)CC3)cc2)c1. The number of alkyl halides is 2. The molecule has 0 spiro atoms. The van der Waals surface area contributed by atoms with Crippen molar-refractivity contribution in [2.75, 3.05) is 36.7 Å². The van der Waals surface area contributed by atoms with Gasteiger partial charge < -0.3 is 14.9 Å². The Hall–Kier alpha value is -3.05. The molecule has 1 saturated carbocycles. The summed E-state index contributed by atoms with van der Waals surface area (Å²) in [6, 6.07) is 13.5. The van der Waals surface area contributed by atoms with Crippen molar-refractivity contribution in [3.05, 3.63) is 54.1 Å². The summed E-state index contributed by atoms with van der Waals surface area (Å²) in [6.45, 7) is 2.84. The predicted octanol–water partition coefficient (Wildman–Crippen LogP) is 3.34. The van der Waals surface area contributed by atoms with Gasteiger partial charge in [0.2, 0.25) is 15.9 Å². The minimum Gasteiger partial charge on any atom is -0.380 e. The summed E-state index contributed by atoms with van der Waals surface area (Å²) in [4.78, 5) is 28.5. The number of hydrogen-bond acceptors (Lipinski definition) is 5. The number of benzene rings is 2. The van der Waals surface area contributed by atoms with E-state index in [0.29, 0.717) is 50.1 Å². The van der Waals surface area contributed by atoms with E-state index in [0.717, 1.165) is 5.56 Å². The van der Waals surface area contributed by atoms with Gasteiger partial charge in [0, 0.05) is 50.3 Å². The fourth-order valence-electron chi connectivity index (χ4n) is 4.18. The van der Waals surface area contributed by atoms with Gasteiger partial charge in [0.1, 0.15) is 5.60 Å². The van der Waals surface area contributed by atoms with Gasteiger partial charge in [-0.3, -0.25) is 14.3 Å². The summed E-state index contributed by atoms with van der Waals surface area (Å²) in [5.74, 6) is -4.13. The summed E-state index contributed by atoms with van der Waals surface area (Å²) >= 11 is 0. The van der Waals surface area contributed by atoms with Crippen LogP contribution in [0.5, 0.6) is 0 Å². The Balaban J connectivity index is 1.36. The van der Waals surface area contributed by atoms with E-state index in [1.165, 1.54) is 6.92 Å². The second kappa shape index (κ2) is 10.4. The second-order valence-corrected chi connectivity index (χ2v) is 11.5. The average molecular weight is 536 g/mol. The predicted molar refractivity (Wildman–Crippen MR) is 136 cm³/mol. The highest BCUT2D eigenvalue weighted by molar-refractivity contribution is 7.92. The van der Waals surface area contributed by atoms with Crippen LogP contribution in [-0.4, -0.2) is 78.6 Å². The van der Waals surface area contributed by atoms with Crippen LogP contribution in [0.3, 0.4) is 0 Å². The van der Waals surface area contributed by atoms with Crippen molar-refractivity contribution in [2.24, 2.45) is 0 Å². The van der Waals surface area contributed by atoms with Crippen LogP contribution in [0.4, 0.5) is 14.5 Å². The number of anilines is 1. The molecular weight excluding hydrogens is 504 g/mol. The monoisotopic (exact) mass is 535 g/mol. The lowest BCUT2D eigenvalue weighted by atomic mass is 10.0. The van der Waals surface area contributed by atoms with E-state index in [-0.39, 0.29) is 17.5 Å². The fourth-order valence-corrected chi connectivity index (χ4v) is 5.34. The highest BCUT2D eigenvalue weighted by Gasteiger charge is 2.50. The first-order valence-corrected chi connectivity index (χ1v) is 14.0. The van der Waals surface area contributed by atoms with E-state index in [1.807, 2.05) is 0 Å². The molecule has 37 heavy (non-hydrogen) atoms. The van der Waals surface area contributed by atoms with Crippen LogP contribution in [0, 0.1) is 0 Å². The maximum absolute atomic E-state index is 13.5. The van der Waals surface area contributed by atoms with Gasteiger partial charge in [0.05, 0.1) is 5.75 Å². The third kappa shape index (κ3) is 6.64. The van der Waals surface area contributed by atoms with Gasteiger partial charge in [0.15, 0.2) is 0 Å². The van der Waals surface area contributed by atoms with Crippen molar-refractivity contribution in [3.63, 3.8) is 0 Å². The van der Waals surface area contributed by atoms with Gasteiger partial charge in [-0.25, -0.2) is 17.2 Å². The summed E-state index contributed by atoms with van der Waals surface area (Å²) in [6.07, 6.45) is -0.188. The molecule has 1 aliphatic heterocycles. The zero-order valence-electron chi connectivity index (χ0n) is 20.6. The molecule has 11 heteroatoms. The van der Waals surface area contributed by atoms with Crippen molar-refractivity contribution in [3.8, 4) is 11.1 Å². The molecule has 200 valence electrons. The summed E-state index contributed by atoms with van der Waals surface area (Å²) in [5.41, 5.74) is 0.994. The Morgan fingerprint density at radius 2 is 1.62 bits per heavy atom. The fraction of sp³-hybridized carbons (Fsp3) is 0.462. The van der Waals surface area contributed by atoms with Crippen LogP contribution in [0.15, 0.2) is 48.5 Å². The Kier molecular flexibility index (Phi) is 7.57. The van der Waals surface area contributed by atoms with E-state index in [2.05, 4.69) is 4.72 Å². The number of hydrogen-bond donors (Lipinski definition) is 2. The molecule has 2 aromatic carbocycles. The van der Waals surface area contributed by atoms with Crippen LogP contribution in [-0.2, 0) is 14.8 Å². The number of sulfonamides is 1. The molecule has 1 saturated heterocycles. The molecule has 0 atom stereocenters. The zero-order valence-corrected chi connectivity index (χ0v) is 21.4. The van der Waals surface area contributed by atoms with Gasteiger partial charge in [0.25, 0.3) is 11.8 Å². The molecular formula is C26H31F2N3O5S. The zero-order chi connectivity index (χ0) is 26.8. The number of aliphatic hydroxyl groups is 1. The largest absolute Gasteiger partial charge is 0.380 e. The first kappa shape index (κ1) is 27.0. The van der Waals surface area contributed by atoms with Gasteiger partial charge in [-0.2, -0.15) is 0 Å². The number of carbonyl (C=O) groups excluding carboxylic acids is 2. The van der Waals surface area contributed by atoms with Crippen LogP contribution < -0.4 is 4.72 Å². The third-order valence-electron chi connectivity index (χ3n) is 6.83. The third-order valence-corrected chi connectivity index (χ3v) is 8.12. The number of amides is 2. The lowest BCUT2D eigenvalue weighted by molar-refractivity contribution is -0.143. The molecule has 2 amide bonds. The van der Waals surface area contributed by atoms with Crippen LogP contribution in [0.2, 0.25) is 0 Å². The summed E-state index contributed by atoms with van der Waals surface area (Å²) < 4.78 is 53.8. The van der Waals surface area contributed by atoms with Crippen LogP contribution in [0.1, 0.15) is 43.0 Å². The van der Waals surface area contributed by atoms with E-state index in [4.69, 9.17) is 0 Å². The Labute approximate surface area is 215 Å². The Morgan fingerprint density at radius 1 is 1.00 bits per heavy atom. The van der Waals surface area contributed by atoms with Crippen molar-refractivity contribution in [1.82, 2.24) is 9.80 Å². The van der Waals surface area contributed by atoms with Gasteiger partial charge >= 0.3 is 0 Å². The van der Waals surface area contributed by atoms with Crippen molar-refractivity contribution < 1.29 is 31.9 Å². The molecule has 2 aliphatic rings. The first-order valence-electron chi connectivity index (χ1n) is 12.3. The second-order valence-electron chi connectivity index (χ2n) is 9.65. The Morgan fingerprint density at radius 3 is 2.22 bits per heavy atom. The quantitative estimate of drug-likeness (QED) is 0.512. The standard InChI is InChI=1S/C26H31F2N3O5S/c1-2-26(27,28)12-17-37(35,36)29-22-5-3-4-21(18-22)19-6-8-20(9-7-19)23(32)30-13-15-31(16-14-30)24(33)25(34)10-11-25/h3-9,18,29,34H,2,10-17H2,1H3. The molecule has 2 aromatic rings. The van der Waals surface area contributed by atoms with Gasteiger partial charge in [-0.15, -0.1) is 0 Å². The smallest absolute Gasteiger partial charge is 0.254 e. The van der Waals surface area contributed by atoms with E-state index < -0.39 is 40.1 Å². The van der Waals surface area contributed by atoms with Crippen molar-refractivity contribution >= 4 is 27.5 Å². The summed E-state index contributed by atoms with van der Waals surface area (Å²) in [5, 5.41) is 10.0. The molecule has 0 bridgehead atoms. The van der Waals surface area contributed by atoms with Gasteiger partial charge in [-0.05, 0) is 48.2 Å². The van der Waals surface area contributed by atoms with Crippen molar-refractivity contribution in [1.29, 1.82) is 0 Å². The van der Waals surface area contributed by atoms with E-state index in [1.54, 1.807) is 58.3 Å². The number of rotatable bonds is 9. The topological polar surface area (TPSA) is 107 Å². The molecule has 8 nitrogen and oxygen atoms in total. The van der Waals surface area contributed by atoms with Crippen molar-refractivity contribution in [2.45, 2.75) is 44.1 Å². The average Bonchev–Trinajstić information content (AvgIpc) is 3.65. The Bertz CT molecular complexity index is 1260. The highest BCUT2D eigenvalue weighted by Crippen LogP contribution is 2.37. The normalized spacial score (nSPS) is 17.4. The van der Waals surface area contributed by atoms with Gasteiger partial charge in [-0.1, -0.05) is 31.2 Å². The minimum absolute atomic E-state index is 0.158. The number of carbonyl (C=O) groups is 2.